The van der Waals surface area contributed by atoms with Crippen LogP contribution in [-0.4, -0.2) is 16.2 Å². The first-order chi connectivity index (χ1) is 12.3. The second-order valence-electron chi connectivity index (χ2n) is 6.22. The van der Waals surface area contributed by atoms with E-state index in [1.54, 1.807) is 12.1 Å². The van der Waals surface area contributed by atoms with Crippen molar-refractivity contribution < 1.29 is 9.15 Å². The molecule has 0 atom stereocenters. The molecule has 1 aromatic carbocycles. The van der Waals surface area contributed by atoms with E-state index in [0.29, 0.717) is 12.2 Å². The summed E-state index contributed by atoms with van der Waals surface area (Å²) in [4.78, 5) is 15.3. The molecule has 5 nitrogen and oxygen atoms in total. The number of hydrogen-bond donors (Lipinski definition) is 0. The van der Waals surface area contributed by atoms with Crippen molar-refractivity contribution in [2.24, 2.45) is 0 Å². The summed E-state index contributed by atoms with van der Waals surface area (Å²) in [6.45, 7) is 1.75. The molecule has 0 spiro atoms. The highest BCUT2D eigenvalue weighted by Crippen LogP contribution is 2.19. The Labute approximate surface area is 147 Å². The average molecular weight is 340 g/mol. The number of aromatic nitrogens is 2. The van der Waals surface area contributed by atoms with Crippen LogP contribution in [0.15, 0.2) is 58.3 Å². The van der Waals surface area contributed by atoms with Crippen molar-refractivity contribution in [2.75, 3.05) is 6.61 Å². The van der Waals surface area contributed by atoms with Gasteiger partial charge in [0.1, 0.15) is 11.3 Å². The quantitative estimate of drug-likeness (QED) is 0.405. The molecular weight excluding hydrogens is 316 g/mol. The summed E-state index contributed by atoms with van der Waals surface area (Å²) < 4.78 is 13.1. The highest BCUT2D eigenvalue weighted by molar-refractivity contribution is 5.77. The zero-order valence-electron chi connectivity index (χ0n) is 14.4. The Morgan fingerprint density at radius 1 is 1.00 bits per heavy atom. The van der Waals surface area contributed by atoms with E-state index in [2.05, 4.69) is 9.55 Å². The molecule has 0 saturated heterocycles. The van der Waals surface area contributed by atoms with E-state index in [0.717, 1.165) is 24.1 Å². The normalized spacial score (nSPS) is 11.0. The number of benzene rings is 1. The zero-order valence-corrected chi connectivity index (χ0v) is 14.4. The predicted molar refractivity (Wildman–Crippen MR) is 97.9 cm³/mol. The van der Waals surface area contributed by atoms with Crippen LogP contribution in [0.2, 0.25) is 0 Å². The summed E-state index contributed by atoms with van der Waals surface area (Å²) in [5, 5.41) is 0.905. The lowest BCUT2D eigenvalue weighted by Gasteiger charge is -2.07. The molecule has 0 saturated carbocycles. The predicted octanol–water partition coefficient (Wildman–Crippen LogP) is 4.41. The van der Waals surface area contributed by atoms with Crippen LogP contribution in [-0.2, 0) is 6.54 Å². The molecule has 0 aliphatic rings. The van der Waals surface area contributed by atoms with Crippen molar-refractivity contribution in [3.05, 3.63) is 59.5 Å². The van der Waals surface area contributed by atoms with Gasteiger partial charge in [0.15, 0.2) is 0 Å². The smallest absolute Gasteiger partial charge is 0.336 e. The zero-order chi connectivity index (χ0) is 17.3. The van der Waals surface area contributed by atoms with E-state index < -0.39 is 0 Å². The SMILES string of the molecule is O=c1ccc2ccc(OCCCCCCCCn3ccnc3)cc2o1. The Bertz CT molecular complexity index is 824. The number of hydrogen-bond acceptors (Lipinski definition) is 4. The fourth-order valence-corrected chi connectivity index (χ4v) is 2.84. The fraction of sp³-hybridized carbons (Fsp3) is 0.400. The molecule has 3 aromatic rings. The third-order valence-electron chi connectivity index (χ3n) is 4.23. The van der Waals surface area contributed by atoms with Gasteiger partial charge in [-0.05, 0) is 31.0 Å². The number of rotatable bonds is 10. The average Bonchev–Trinajstić information content (AvgIpc) is 3.13. The van der Waals surface area contributed by atoms with Crippen molar-refractivity contribution in [3.63, 3.8) is 0 Å². The van der Waals surface area contributed by atoms with E-state index in [-0.39, 0.29) is 5.63 Å². The third-order valence-corrected chi connectivity index (χ3v) is 4.23. The molecule has 2 heterocycles. The first-order valence-electron chi connectivity index (χ1n) is 8.94. The molecule has 0 unspecified atom stereocenters. The Hall–Kier alpha value is -2.56. The van der Waals surface area contributed by atoms with E-state index in [9.17, 15) is 4.79 Å². The summed E-state index contributed by atoms with van der Waals surface area (Å²) in [6, 6.07) is 8.80. The monoisotopic (exact) mass is 340 g/mol. The van der Waals surface area contributed by atoms with Crippen LogP contribution in [0.25, 0.3) is 11.0 Å². The summed E-state index contributed by atoms with van der Waals surface area (Å²) in [7, 11) is 0. The Morgan fingerprint density at radius 3 is 2.64 bits per heavy atom. The molecule has 5 heteroatoms. The number of unbranched alkanes of at least 4 members (excludes halogenated alkanes) is 5. The minimum Gasteiger partial charge on any atom is -0.493 e. The number of fused-ring (bicyclic) bond motifs is 1. The second kappa shape index (κ2) is 9.06. The van der Waals surface area contributed by atoms with Crippen molar-refractivity contribution in [2.45, 2.75) is 45.1 Å². The number of nitrogens with zero attached hydrogens (tertiary/aromatic N) is 2. The van der Waals surface area contributed by atoms with Crippen molar-refractivity contribution in [1.29, 1.82) is 0 Å². The van der Waals surface area contributed by atoms with Crippen LogP contribution in [0.4, 0.5) is 0 Å². The number of imidazole rings is 1. The van der Waals surface area contributed by atoms with Crippen molar-refractivity contribution >= 4 is 11.0 Å². The van der Waals surface area contributed by atoms with Gasteiger partial charge in [0, 0.05) is 36.5 Å². The van der Waals surface area contributed by atoms with Gasteiger partial charge in [0.05, 0.1) is 12.9 Å². The molecule has 2 aromatic heterocycles. The van der Waals surface area contributed by atoms with Gasteiger partial charge in [-0.1, -0.05) is 25.7 Å². The van der Waals surface area contributed by atoms with Crippen LogP contribution in [0.3, 0.4) is 0 Å². The van der Waals surface area contributed by atoms with E-state index in [1.807, 2.05) is 30.9 Å². The molecule has 0 radical (unpaired) electrons. The van der Waals surface area contributed by atoms with Gasteiger partial charge in [-0.25, -0.2) is 9.78 Å². The van der Waals surface area contributed by atoms with Crippen LogP contribution >= 0.6 is 0 Å². The largest absolute Gasteiger partial charge is 0.493 e. The Morgan fingerprint density at radius 2 is 1.80 bits per heavy atom. The molecule has 0 amide bonds. The van der Waals surface area contributed by atoms with Crippen LogP contribution in [0.1, 0.15) is 38.5 Å². The molecule has 132 valence electrons. The van der Waals surface area contributed by atoms with Gasteiger partial charge in [-0.2, -0.15) is 0 Å². The summed E-state index contributed by atoms with van der Waals surface area (Å²) in [5.41, 5.74) is 0.237. The van der Waals surface area contributed by atoms with E-state index in [1.165, 1.54) is 38.2 Å². The second-order valence-corrected chi connectivity index (χ2v) is 6.22. The summed E-state index contributed by atoms with van der Waals surface area (Å²) in [6.07, 6.45) is 12.9. The van der Waals surface area contributed by atoms with Gasteiger partial charge >= 0.3 is 5.63 Å². The molecular formula is C20H24N2O3. The first-order valence-corrected chi connectivity index (χ1v) is 8.94. The van der Waals surface area contributed by atoms with Crippen molar-refractivity contribution in [1.82, 2.24) is 9.55 Å². The Kier molecular flexibility index (Phi) is 6.26. The van der Waals surface area contributed by atoms with Gasteiger partial charge in [-0.15, -0.1) is 0 Å². The maximum Gasteiger partial charge on any atom is 0.336 e. The first kappa shape index (κ1) is 17.3. The van der Waals surface area contributed by atoms with Gasteiger partial charge < -0.3 is 13.7 Å². The Balaban J connectivity index is 1.27. The maximum atomic E-state index is 11.3. The minimum atomic E-state index is -0.335. The van der Waals surface area contributed by atoms with Crippen molar-refractivity contribution in [3.8, 4) is 5.75 Å². The molecule has 0 bridgehead atoms. The molecule has 0 N–H and O–H groups in total. The summed E-state index contributed by atoms with van der Waals surface area (Å²) in [5.74, 6) is 0.752. The maximum absolute atomic E-state index is 11.3. The highest BCUT2D eigenvalue weighted by atomic mass is 16.5. The molecule has 0 fully saturated rings. The summed E-state index contributed by atoms with van der Waals surface area (Å²) >= 11 is 0. The molecule has 0 aliphatic heterocycles. The number of aryl methyl sites for hydroxylation is 1. The third kappa shape index (κ3) is 5.48. The van der Waals surface area contributed by atoms with E-state index >= 15 is 0 Å². The molecule has 0 aliphatic carbocycles. The number of ether oxygens (including phenoxy) is 1. The highest BCUT2D eigenvalue weighted by Gasteiger charge is 2.00. The van der Waals surface area contributed by atoms with Crippen LogP contribution < -0.4 is 10.4 Å². The lowest BCUT2D eigenvalue weighted by Crippen LogP contribution is -1.98. The molecule has 25 heavy (non-hydrogen) atoms. The van der Waals surface area contributed by atoms with E-state index in [4.69, 9.17) is 9.15 Å². The lowest BCUT2D eigenvalue weighted by molar-refractivity contribution is 0.304. The van der Waals surface area contributed by atoms with Crippen LogP contribution in [0, 0.1) is 0 Å². The topological polar surface area (TPSA) is 57.3 Å². The van der Waals surface area contributed by atoms with Gasteiger partial charge in [-0.3, -0.25) is 0 Å². The molecule has 3 rings (SSSR count). The van der Waals surface area contributed by atoms with Gasteiger partial charge in [0.25, 0.3) is 0 Å². The standard InChI is InChI=1S/C20H24N2O3/c23-20-10-8-17-7-9-18(15-19(17)25-20)24-14-6-4-2-1-3-5-12-22-13-11-21-16-22/h7-11,13,15-16H,1-6,12,14H2. The van der Waals surface area contributed by atoms with Crippen LogP contribution in [0.5, 0.6) is 5.75 Å². The van der Waals surface area contributed by atoms with Gasteiger partial charge in [0.2, 0.25) is 0 Å². The fourth-order valence-electron chi connectivity index (χ4n) is 2.84. The lowest BCUT2D eigenvalue weighted by atomic mass is 10.1. The minimum absolute atomic E-state index is 0.335.